The number of esters is 1. The molecule has 0 aromatic heterocycles. The topological polar surface area (TPSA) is 87.0 Å². The Morgan fingerprint density at radius 3 is 1.87 bits per heavy atom. The van der Waals surface area contributed by atoms with Crippen LogP contribution in [-0.2, 0) is 9.53 Å². The summed E-state index contributed by atoms with van der Waals surface area (Å²) in [6.45, 7) is 3.09. The number of carbonyl (C=O) groups excluding carboxylic acids is 1. The van der Waals surface area contributed by atoms with Crippen molar-refractivity contribution in [2.75, 3.05) is 13.2 Å². The second-order valence-corrected chi connectivity index (χ2v) is 7.22. The Kier molecular flexibility index (Phi) is 19.5. The molecule has 0 heterocycles. The van der Waals surface area contributed by atoms with Crippen molar-refractivity contribution in [3.05, 3.63) is 72.9 Å². The monoisotopic (exact) mass is 432 g/mol. The van der Waals surface area contributed by atoms with E-state index in [-0.39, 0.29) is 13.0 Å². The third kappa shape index (κ3) is 19.5. The van der Waals surface area contributed by atoms with Gasteiger partial charge in [-0.1, -0.05) is 86.8 Å². The van der Waals surface area contributed by atoms with Crippen molar-refractivity contribution >= 4 is 5.97 Å². The minimum atomic E-state index is -1.07. The highest BCUT2D eigenvalue weighted by Gasteiger charge is 2.18. The second-order valence-electron chi connectivity index (χ2n) is 7.22. The Balaban J connectivity index is 3.90. The van der Waals surface area contributed by atoms with Crippen molar-refractivity contribution in [3.8, 4) is 0 Å². The molecule has 0 fully saturated rings. The predicted molar refractivity (Wildman–Crippen MR) is 127 cm³/mol. The largest absolute Gasteiger partial charge is 0.463 e. The summed E-state index contributed by atoms with van der Waals surface area (Å²) < 4.78 is 4.88. The summed E-state index contributed by atoms with van der Waals surface area (Å²) in [5, 5.41) is 27.8. The van der Waals surface area contributed by atoms with Crippen molar-refractivity contribution in [3.63, 3.8) is 0 Å². The normalized spacial score (nSPS) is 15.9. The van der Waals surface area contributed by atoms with Gasteiger partial charge >= 0.3 is 5.97 Å². The van der Waals surface area contributed by atoms with Crippen LogP contribution in [0.2, 0.25) is 0 Å². The number of hydrogen-bond acceptors (Lipinski definition) is 5. The van der Waals surface area contributed by atoms with Gasteiger partial charge in [0.15, 0.2) is 0 Å². The lowest BCUT2D eigenvalue weighted by Gasteiger charge is -2.14. The molecule has 31 heavy (non-hydrogen) atoms. The average molecular weight is 433 g/mol. The lowest BCUT2D eigenvalue weighted by Crippen LogP contribution is -2.26. The minimum Gasteiger partial charge on any atom is -0.463 e. The average Bonchev–Trinajstić information content (AvgIpc) is 2.76. The molecule has 0 aliphatic heterocycles. The Morgan fingerprint density at radius 2 is 1.35 bits per heavy atom. The summed E-state index contributed by atoms with van der Waals surface area (Å²) in [6.07, 6.45) is 27.6. The third-order valence-corrected chi connectivity index (χ3v) is 4.20. The fraction of sp³-hybridized carbons (Fsp3) is 0.500. The number of aliphatic hydroxyl groups excluding tert-OH is 3. The molecule has 0 amide bonds. The van der Waals surface area contributed by atoms with Gasteiger partial charge in [-0.2, -0.15) is 0 Å². The van der Waals surface area contributed by atoms with Crippen LogP contribution in [0, 0.1) is 5.92 Å². The van der Waals surface area contributed by atoms with Gasteiger partial charge in [-0.3, -0.25) is 4.79 Å². The quantitative estimate of drug-likeness (QED) is 0.178. The summed E-state index contributed by atoms with van der Waals surface area (Å²) in [6, 6.07) is 0. The van der Waals surface area contributed by atoms with Gasteiger partial charge in [0.25, 0.3) is 0 Å². The smallest absolute Gasteiger partial charge is 0.308 e. The van der Waals surface area contributed by atoms with E-state index >= 15 is 0 Å². The summed E-state index contributed by atoms with van der Waals surface area (Å²) in [5.74, 6) is -1.01. The Labute approximate surface area is 187 Å². The molecule has 0 aliphatic carbocycles. The first-order valence-corrected chi connectivity index (χ1v) is 11.1. The molecule has 0 aliphatic rings. The molecule has 0 aromatic rings. The van der Waals surface area contributed by atoms with Crippen molar-refractivity contribution in [1.29, 1.82) is 0 Å². The molecule has 5 nitrogen and oxygen atoms in total. The second kappa shape index (κ2) is 21.0. The fourth-order valence-electron chi connectivity index (χ4n) is 2.41. The molecule has 0 radical (unpaired) electrons. The maximum atomic E-state index is 11.7. The highest BCUT2D eigenvalue weighted by molar-refractivity contribution is 5.72. The first kappa shape index (κ1) is 28.8. The van der Waals surface area contributed by atoms with Crippen molar-refractivity contribution in [2.24, 2.45) is 5.92 Å². The Hall–Kier alpha value is -2.21. The lowest BCUT2D eigenvalue weighted by molar-refractivity contribution is -0.152. The van der Waals surface area contributed by atoms with Gasteiger partial charge in [0.1, 0.15) is 12.7 Å². The fourth-order valence-corrected chi connectivity index (χ4v) is 2.41. The van der Waals surface area contributed by atoms with Gasteiger partial charge in [-0.15, -0.1) is 0 Å². The highest BCUT2D eigenvalue weighted by atomic mass is 16.5. The zero-order chi connectivity index (χ0) is 23.2. The predicted octanol–water partition coefficient (Wildman–Crippen LogP) is 4.58. The number of carbonyl (C=O) groups is 1. The van der Waals surface area contributed by atoms with Gasteiger partial charge in [-0.25, -0.2) is 0 Å². The first-order chi connectivity index (χ1) is 15.0. The number of hydrogen-bond donors (Lipinski definition) is 3. The van der Waals surface area contributed by atoms with E-state index in [0.29, 0.717) is 0 Å². The summed E-state index contributed by atoms with van der Waals surface area (Å²) in [7, 11) is 0. The van der Waals surface area contributed by atoms with Gasteiger partial charge in [0.2, 0.25) is 0 Å². The molecule has 3 N–H and O–H groups in total. The SMILES string of the molecule is CC/C=C\C/C=C\C/C=C\C/C=C\C/C=C\C=C\C(O)CC(C)C(=O)OCC(O)CO. The van der Waals surface area contributed by atoms with Gasteiger partial charge in [0, 0.05) is 0 Å². The van der Waals surface area contributed by atoms with E-state index in [2.05, 4.69) is 55.5 Å². The van der Waals surface area contributed by atoms with Crippen molar-refractivity contribution in [2.45, 2.75) is 64.6 Å². The third-order valence-electron chi connectivity index (χ3n) is 4.20. The molecular weight excluding hydrogens is 392 g/mol. The van der Waals surface area contributed by atoms with E-state index in [1.54, 1.807) is 19.1 Å². The first-order valence-electron chi connectivity index (χ1n) is 11.1. The number of allylic oxidation sites excluding steroid dienone is 11. The molecule has 0 saturated carbocycles. The summed E-state index contributed by atoms with van der Waals surface area (Å²) in [4.78, 5) is 11.7. The number of rotatable bonds is 17. The van der Waals surface area contributed by atoms with Crippen LogP contribution >= 0.6 is 0 Å². The van der Waals surface area contributed by atoms with Crippen LogP contribution in [0.1, 0.15) is 52.4 Å². The molecule has 0 spiro atoms. The van der Waals surface area contributed by atoms with Crippen LogP contribution in [0.25, 0.3) is 0 Å². The van der Waals surface area contributed by atoms with E-state index in [0.717, 1.165) is 32.1 Å². The van der Waals surface area contributed by atoms with E-state index < -0.39 is 30.7 Å². The molecule has 0 aromatic carbocycles. The summed E-state index contributed by atoms with van der Waals surface area (Å²) in [5.41, 5.74) is 0. The molecule has 3 atom stereocenters. The van der Waals surface area contributed by atoms with Crippen LogP contribution in [-0.4, -0.2) is 46.7 Å². The zero-order valence-electron chi connectivity index (χ0n) is 19.0. The molecule has 3 unspecified atom stereocenters. The highest BCUT2D eigenvalue weighted by Crippen LogP contribution is 2.10. The Morgan fingerprint density at radius 1 is 0.839 bits per heavy atom. The molecule has 0 rings (SSSR count). The maximum Gasteiger partial charge on any atom is 0.308 e. The minimum absolute atomic E-state index is 0.231. The van der Waals surface area contributed by atoms with E-state index in [9.17, 15) is 15.0 Å². The van der Waals surface area contributed by atoms with Gasteiger partial charge in [-0.05, 0) is 38.5 Å². The maximum absolute atomic E-state index is 11.7. The van der Waals surface area contributed by atoms with Crippen LogP contribution in [0.5, 0.6) is 0 Å². The van der Waals surface area contributed by atoms with E-state index in [1.165, 1.54) is 0 Å². The molecule has 174 valence electrons. The lowest BCUT2D eigenvalue weighted by atomic mass is 10.0. The molecule has 0 bridgehead atoms. The zero-order valence-corrected chi connectivity index (χ0v) is 19.0. The van der Waals surface area contributed by atoms with Crippen LogP contribution in [0.15, 0.2) is 72.9 Å². The van der Waals surface area contributed by atoms with Gasteiger partial charge in [0.05, 0.1) is 18.6 Å². The van der Waals surface area contributed by atoms with Crippen LogP contribution in [0.3, 0.4) is 0 Å². The van der Waals surface area contributed by atoms with Crippen LogP contribution < -0.4 is 0 Å². The molecular formula is C26H40O5. The van der Waals surface area contributed by atoms with Gasteiger partial charge < -0.3 is 20.1 Å². The molecule has 0 saturated heterocycles. The number of ether oxygens (including phenoxy) is 1. The summed E-state index contributed by atoms with van der Waals surface area (Å²) >= 11 is 0. The van der Waals surface area contributed by atoms with Crippen molar-refractivity contribution in [1.82, 2.24) is 0 Å². The Bertz CT molecular complexity index is 613. The van der Waals surface area contributed by atoms with Crippen molar-refractivity contribution < 1.29 is 24.9 Å². The van der Waals surface area contributed by atoms with Crippen LogP contribution in [0.4, 0.5) is 0 Å². The molecule has 5 heteroatoms. The standard InChI is InChI=1S/C26H40O5/c1-3-4-5-6-7-8-9-10-11-12-13-14-15-16-17-18-19-24(28)20-23(2)26(30)31-22-25(29)21-27/h4-5,7-8,10-11,13-14,16-19,23-25,27-29H,3,6,9,12,15,20-22H2,1-2H3/b5-4-,8-7-,11-10-,14-13-,17-16-,19-18+. The van der Waals surface area contributed by atoms with E-state index in [1.807, 2.05) is 12.2 Å². The van der Waals surface area contributed by atoms with E-state index in [4.69, 9.17) is 9.84 Å². The number of aliphatic hydroxyl groups is 3.